The molecule has 1 atom stereocenters. The summed E-state index contributed by atoms with van der Waals surface area (Å²) in [5, 5.41) is 3.39. The second-order valence-electron chi connectivity index (χ2n) is 4.02. The summed E-state index contributed by atoms with van der Waals surface area (Å²) < 4.78 is 6.62. The van der Waals surface area contributed by atoms with Crippen molar-refractivity contribution < 1.29 is 4.74 Å². The van der Waals surface area contributed by atoms with Gasteiger partial charge in [-0.25, -0.2) is 0 Å². The van der Waals surface area contributed by atoms with Gasteiger partial charge in [-0.2, -0.15) is 0 Å². The van der Waals surface area contributed by atoms with Gasteiger partial charge >= 0.3 is 0 Å². The van der Waals surface area contributed by atoms with Gasteiger partial charge in [-0.15, -0.1) is 0 Å². The van der Waals surface area contributed by atoms with E-state index in [1.807, 2.05) is 12.1 Å². The van der Waals surface area contributed by atoms with Gasteiger partial charge in [-0.1, -0.05) is 40.7 Å². The lowest BCUT2D eigenvalue weighted by Gasteiger charge is -2.26. The van der Waals surface area contributed by atoms with Gasteiger partial charge in [-0.05, 0) is 18.1 Å². The Morgan fingerprint density at radius 1 is 1.50 bits per heavy atom. The maximum absolute atomic E-state index is 5.63. The van der Waals surface area contributed by atoms with Crippen LogP contribution in [0.5, 0.6) is 5.75 Å². The van der Waals surface area contributed by atoms with Crippen LogP contribution in [0.1, 0.15) is 17.9 Å². The summed E-state index contributed by atoms with van der Waals surface area (Å²) in [4.78, 5) is 0. The molecule has 2 rings (SSSR count). The summed E-state index contributed by atoms with van der Waals surface area (Å²) in [5.41, 5.74) is 1.32. The monoisotopic (exact) mass is 281 g/mol. The Morgan fingerprint density at radius 3 is 3.12 bits per heavy atom. The molecule has 1 unspecified atom stereocenters. The fourth-order valence-electron chi connectivity index (χ4n) is 2.01. The van der Waals surface area contributed by atoms with E-state index in [1.54, 1.807) is 0 Å². The normalized spacial score (nSPS) is 18.7. The predicted octanol–water partition coefficient (Wildman–Crippen LogP) is 3.05. The van der Waals surface area contributed by atoms with Gasteiger partial charge in [0, 0.05) is 23.5 Å². The number of para-hydroxylation sites is 1. The van der Waals surface area contributed by atoms with Crippen molar-refractivity contribution in [3.8, 4) is 5.75 Å². The molecule has 0 radical (unpaired) electrons. The van der Waals surface area contributed by atoms with Gasteiger partial charge in [0.05, 0.1) is 6.61 Å². The summed E-state index contributed by atoms with van der Waals surface area (Å²) in [6.07, 6.45) is 1.08. The van der Waals surface area contributed by atoms with E-state index < -0.39 is 0 Å². The molecule has 0 saturated carbocycles. The minimum absolute atomic E-state index is 0.553. The number of rotatable bonds is 4. The lowest BCUT2D eigenvalue weighted by molar-refractivity contribution is 0.265. The van der Waals surface area contributed by atoms with Crippen LogP contribution in [0.3, 0.4) is 0 Å². The molecule has 0 aliphatic carbocycles. The van der Waals surface area contributed by atoms with Gasteiger partial charge in [0.25, 0.3) is 0 Å². The zero-order valence-corrected chi connectivity index (χ0v) is 10.8. The molecule has 1 aliphatic rings. The second kappa shape index (κ2) is 5.51. The number of fused-ring (bicyclic) bond motifs is 1. The zero-order chi connectivity index (χ0) is 11.4. The predicted molar refractivity (Wildman–Crippen MR) is 70.2 cm³/mol. The van der Waals surface area contributed by atoms with Crippen molar-refractivity contribution in [2.24, 2.45) is 0 Å². The molecular formula is C13H16BrNO. The number of halogens is 1. The number of hydrogen-bond acceptors (Lipinski definition) is 2. The van der Waals surface area contributed by atoms with Crippen LogP contribution < -0.4 is 10.1 Å². The van der Waals surface area contributed by atoms with Crippen LogP contribution in [-0.2, 0) is 0 Å². The van der Waals surface area contributed by atoms with Crippen molar-refractivity contribution in [1.82, 2.24) is 5.32 Å². The molecule has 86 valence electrons. The van der Waals surface area contributed by atoms with Crippen molar-refractivity contribution in [3.05, 3.63) is 40.9 Å². The van der Waals surface area contributed by atoms with E-state index in [4.69, 9.17) is 4.74 Å². The Hall–Kier alpha value is -0.800. The number of hydrogen-bond donors (Lipinski definition) is 1. The maximum Gasteiger partial charge on any atom is 0.122 e. The van der Waals surface area contributed by atoms with Crippen LogP contribution in [0.4, 0.5) is 0 Å². The highest BCUT2D eigenvalue weighted by Crippen LogP contribution is 2.32. The third kappa shape index (κ3) is 2.86. The highest BCUT2D eigenvalue weighted by Gasteiger charge is 2.20. The van der Waals surface area contributed by atoms with Crippen LogP contribution in [0, 0.1) is 0 Å². The van der Waals surface area contributed by atoms with Crippen LogP contribution in [0.25, 0.3) is 0 Å². The van der Waals surface area contributed by atoms with Gasteiger partial charge in [0.2, 0.25) is 0 Å². The van der Waals surface area contributed by atoms with Crippen molar-refractivity contribution in [3.63, 3.8) is 0 Å². The fourth-order valence-corrected chi connectivity index (χ4v) is 2.21. The minimum Gasteiger partial charge on any atom is -0.493 e. The first-order chi connectivity index (χ1) is 7.77. The molecule has 16 heavy (non-hydrogen) atoms. The van der Waals surface area contributed by atoms with Gasteiger partial charge in [0.15, 0.2) is 0 Å². The summed E-state index contributed by atoms with van der Waals surface area (Å²) in [6, 6.07) is 8.30. The quantitative estimate of drug-likeness (QED) is 0.916. The minimum atomic E-state index is 0.553. The van der Waals surface area contributed by atoms with E-state index in [9.17, 15) is 0 Å². The molecule has 1 aromatic rings. The zero-order valence-electron chi connectivity index (χ0n) is 9.21. The number of benzene rings is 1. The van der Waals surface area contributed by atoms with Crippen molar-refractivity contribution in [1.29, 1.82) is 0 Å². The van der Waals surface area contributed by atoms with Crippen molar-refractivity contribution in [2.75, 3.05) is 19.7 Å². The molecule has 0 amide bonds. The Labute approximate surface area is 105 Å². The highest BCUT2D eigenvalue weighted by atomic mass is 79.9. The Kier molecular flexibility index (Phi) is 4.02. The van der Waals surface area contributed by atoms with Gasteiger partial charge in [0.1, 0.15) is 5.75 Å². The average molecular weight is 282 g/mol. The Bertz CT molecular complexity index is 378. The van der Waals surface area contributed by atoms with Crippen LogP contribution in [-0.4, -0.2) is 19.7 Å². The molecular weight excluding hydrogens is 266 g/mol. The molecule has 0 fully saturated rings. The summed E-state index contributed by atoms with van der Waals surface area (Å²) >= 11 is 3.35. The molecule has 0 aromatic heterocycles. The Balaban J connectivity index is 1.99. The molecule has 1 heterocycles. The topological polar surface area (TPSA) is 21.3 Å². The van der Waals surface area contributed by atoms with Crippen LogP contribution in [0.15, 0.2) is 35.3 Å². The molecule has 0 spiro atoms. The van der Waals surface area contributed by atoms with Gasteiger partial charge in [-0.3, -0.25) is 0 Å². The van der Waals surface area contributed by atoms with Crippen LogP contribution in [0.2, 0.25) is 0 Å². The lowest BCUT2D eigenvalue weighted by atomic mass is 9.93. The van der Waals surface area contributed by atoms with E-state index in [-0.39, 0.29) is 0 Å². The van der Waals surface area contributed by atoms with E-state index in [1.165, 1.54) is 5.56 Å². The summed E-state index contributed by atoms with van der Waals surface area (Å²) in [7, 11) is 0. The third-order valence-corrected chi connectivity index (χ3v) is 3.07. The number of ether oxygens (including phenoxy) is 1. The van der Waals surface area contributed by atoms with E-state index in [0.717, 1.165) is 36.3 Å². The van der Waals surface area contributed by atoms with Gasteiger partial charge < -0.3 is 10.1 Å². The van der Waals surface area contributed by atoms with E-state index >= 15 is 0 Å². The largest absolute Gasteiger partial charge is 0.493 e. The fraction of sp³-hybridized carbons (Fsp3) is 0.385. The standard InChI is InChI=1S/C13H16BrNO/c1-10(14)8-15-9-11-6-7-16-13-5-3-2-4-12(11)13/h2-5,11,15H,1,6-9H2. The summed E-state index contributed by atoms with van der Waals surface area (Å²) in [6.45, 7) is 6.43. The first-order valence-electron chi connectivity index (χ1n) is 5.53. The first-order valence-corrected chi connectivity index (χ1v) is 6.32. The Morgan fingerprint density at radius 2 is 2.31 bits per heavy atom. The average Bonchev–Trinajstić information content (AvgIpc) is 2.29. The highest BCUT2D eigenvalue weighted by molar-refractivity contribution is 9.11. The maximum atomic E-state index is 5.63. The SMILES string of the molecule is C=C(Br)CNCC1CCOc2ccccc21. The molecule has 3 heteroatoms. The van der Waals surface area contributed by atoms with Crippen molar-refractivity contribution >= 4 is 15.9 Å². The van der Waals surface area contributed by atoms with E-state index in [0.29, 0.717) is 5.92 Å². The first kappa shape index (κ1) is 11.7. The smallest absolute Gasteiger partial charge is 0.122 e. The molecule has 1 N–H and O–H groups in total. The third-order valence-electron chi connectivity index (χ3n) is 2.79. The molecule has 0 saturated heterocycles. The molecule has 1 aliphatic heterocycles. The number of nitrogens with one attached hydrogen (secondary N) is 1. The molecule has 0 bridgehead atoms. The lowest BCUT2D eigenvalue weighted by Crippen LogP contribution is -2.26. The second-order valence-corrected chi connectivity index (χ2v) is 5.14. The van der Waals surface area contributed by atoms with Crippen molar-refractivity contribution in [2.45, 2.75) is 12.3 Å². The molecule has 1 aromatic carbocycles. The molecule has 2 nitrogen and oxygen atoms in total. The van der Waals surface area contributed by atoms with E-state index in [2.05, 4.69) is 40.0 Å². The summed E-state index contributed by atoms with van der Waals surface area (Å²) in [5.74, 6) is 1.59. The van der Waals surface area contributed by atoms with Crippen LogP contribution >= 0.6 is 15.9 Å².